The summed E-state index contributed by atoms with van der Waals surface area (Å²) >= 11 is 0. The first-order valence-electron chi connectivity index (χ1n) is 9.02. The molecule has 0 N–H and O–H groups in total. The minimum Gasteiger partial charge on any atom is -0.497 e. The fraction of sp³-hybridized carbons (Fsp3) is 0.619. The Labute approximate surface area is 143 Å². The lowest BCUT2D eigenvalue weighted by Gasteiger charge is -2.32. The topological polar surface area (TPSA) is 12.5 Å². The number of hydrogen-bond acceptors (Lipinski definition) is 2. The second-order valence-electron chi connectivity index (χ2n) is 6.90. The molecule has 130 valence electrons. The Balaban J connectivity index is 2.62. The van der Waals surface area contributed by atoms with Crippen LogP contribution in [0.1, 0.15) is 60.3 Å². The quantitative estimate of drug-likeness (QED) is 0.485. The molecular formula is C21H35NO. The van der Waals surface area contributed by atoms with Crippen molar-refractivity contribution in [2.45, 2.75) is 66.3 Å². The molecule has 0 amide bonds. The zero-order chi connectivity index (χ0) is 17.2. The van der Waals surface area contributed by atoms with E-state index in [1.807, 2.05) is 0 Å². The van der Waals surface area contributed by atoms with E-state index in [9.17, 15) is 0 Å². The van der Waals surface area contributed by atoms with Gasteiger partial charge in [-0.05, 0) is 76.6 Å². The standard InChI is InChI=1S/C21H35NO/c1-7-19(5)22(20-11-13-21(23-6)14-12-20)16-15-18(4)10-8-9-17(2)3/h9,11-14,18-19H,7-8,10,15-16H2,1-6H3. The number of ether oxygens (including phenoxy) is 1. The summed E-state index contributed by atoms with van der Waals surface area (Å²) in [6, 6.07) is 9.04. The second kappa shape index (κ2) is 10.4. The van der Waals surface area contributed by atoms with Crippen LogP contribution in [0.5, 0.6) is 5.75 Å². The summed E-state index contributed by atoms with van der Waals surface area (Å²) in [5.74, 6) is 1.68. The van der Waals surface area contributed by atoms with Crippen molar-refractivity contribution in [3.05, 3.63) is 35.9 Å². The third-order valence-electron chi connectivity index (χ3n) is 4.60. The van der Waals surface area contributed by atoms with E-state index in [4.69, 9.17) is 4.74 Å². The molecule has 0 bridgehead atoms. The molecule has 2 nitrogen and oxygen atoms in total. The van der Waals surface area contributed by atoms with Crippen LogP contribution in [0, 0.1) is 5.92 Å². The Bertz CT molecular complexity index is 459. The first kappa shape index (κ1) is 19.6. The lowest BCUT2D eigenvalue weighted by atomic mass is 10.00. The van der Waals surface area contributed by atoms with Crippen LogP contribution < -0.4 is 9.64 Å². The van der Waals surface area contributed by atoms with E-state index in [0.29, 0.717) is 6.04 Å². The number of rotatable bonds is 10. The first-order valence-corrected chi connectivity index (χ1v) is 9.02. The van der Waals surface area contributed by atoms with Gasteiger partial charge in [0, 0.05) is 18.3 Å². The molecule has 0 aromatic heterocycles. The Morgan fingerprint density at radius 2 is 1.78 bits per heavy atom. The van der Waals surface area contributed by atoms with E-state index >= 15 is 0 Å². The molecule has 23 heavy (non-hydrogen) atoms. The molecule has 1 aromatic rings. The van der Waals surface area contributed by atoms with E-state index in [1.165, 1.54) is 30.5 Å². The molecule has 0 saturated carbocycles. The van der Waals surface area contributed by atoms with Crippen LogP contribution in [0.15, 0.2) is 35.9 Å². The summed E-state index contributed by atoms with van der Waals surface area (Å²) in [4.78, 5) is 2.54. The normalized spacial score (nSPS) is 13.3. The summed E-state index contributed by atoms with van der Waals surface area (Å²) in [6.45, 7) is 12.4. The van der Waals surface area contributed by atoms with Crippen LogP contribution in [0.4, 0.5) is 5.69 Å². The van der Waals surface area contributed by atoms with E-state index in [0.717, 1.165) is 24.6 Å². The smallest absolute Gasteiger partial charge is 0.119 e. The van der Waals surface area contributed by atoms with Gasteiger partial charge in [-0.15, -0.1) is 0 Å². The largest absolute Gasteiger partial charge is 0.497 e. The van der Waals surface area contributed by atoms with E-state index < -0.39 is 0 Å². The fourth-order valence-corrected chi connectivity index (χ4v) is 2.76. The van der Waals surface area contributed by atoms with Gasteiger partial charge >= 0.3 is 0 Å². The molecule has 2 heteroatoms. The van der Waals surface area contributed by atoms with Gasteiger partial charge in [0.05, 0.1) is 7.11 Å². The molecular weight excluding hydrogens is 282 g/mol. The summed E-state index contributed by atoms with van der Waals surface area (Å²) in [6.07, 6.45) is 7.25. The summed E-state index contributed by atoms with van der Waals surface area (Å²) in [5, 5.41) is 0. The Kier molecular flexibility index (Phi) is 8.83. The molecule has 0 spiro atoms. The molecule has 0 saturated heterocycles. The predicted molar refractivity (Wildman–Crippen MR) is 103 cm³/mol. The highest BCUT2D eigenvalue weighted by Gasteiger charge is 2.14. The van der Waals surface area contributed by atoms with Crippen LogP contribution in [-0.4, -0.2) is 19.7 Å². The SMILES string of the molecule is CCC(C)N(CCC(C)CCC=C(C)C)c1ccc(OC)cc1. The van der Waals surface area contributed by atoms with Gasteiger partial charge in [0.15, 0.2) is 0 Å². The first-order chi connectivity index (χ1) is 11.0. The molecule has 1 rings (SSSR count). The highest BCUT2D eigenvalue weighted by molar-refractivity contribution is 5.49. The average Bonchev–Trinajstić information content (AvgIpc) is 2.54. The molecule has 0 aliphatic heterocycles. The van der Waals surface area contributed by atoms with Crippen LogP contribution in [0.2, 0.25) is 0 Å². The number of methoxy groups -OCH3 is 1. The van der Waals surface area contributed by atoms with Gasteiger partial charge in [0.1, 0.15) is 5.75 Å². The van der Waals surface area contributed by atoms with Crippen LogP contribution in [0.25, 0.3) is 0 Å². The molecule has 0 fully saturated rings. The Hall–Kier alpha value is -1.44. The van der Waals surface area contributed by atoms with Crippen molar-refractivity contribution < 1.29 is 4.74 Å². The number of anilines is 1. The maximum Gasteiger partial charge on any atom is 0.119 e. The molecule has 2 atom stereocenters. The Morgan fingerprint density at radius 1 is 1.13 bits per heavy atom. The van der Waals surface area contributed by atoms with E-state index in [1.54, 1.807) is 7.11 Å². The molecule has 1 aromatic carbocycles. The highest BCUT2D eigenvalue weighted by atomic mass is 16.5. The van der Waals surface area contributed by atoms with Crippen molar-refractivity contribution >= 4 is 5.69 Å². The van der Waals surface area contributed by atoms with Crippen LogP contribution in [0.3, 0.4) is 0 Å². The monoisotopic (exact) mass is 317 g/mol. The fourth-order valence-electron chi connectivity index (χ4n) is 2.76. The van der Waals surface area contributed by atoms with Crippen molar-refractivity contribution in [1.82, 2.24) is 0 Å². The minimum atomic E-state index is 0.563. The lowest BCUT2D eigenvalue weighted by Crippen LogP contribution is -2.34. The van der Waals surface area contributed by atoms with Crippen molar-refractivity contribution in [2.24, 2.45) is 5.92 Å². The summed E-state index contributed by atoms with van der Waals surface area (Å²) < 4.78 is 5.27. The minimum absolute atomic E-state index is 0.563. The van der Waals surface area contributed by atoms with Crippen molar-refractivity contribution in [2.75, 3.05) is 18.6 Å². The number of nitrogens with zero attached hydrogens (tertiary/aromatic N) is 1. The van der Waals surface area contributed by atoms with Crippen molar-refractivity contribution in [3.8, 4) is 5.75 Å². The lowest BCUT2D eigenvalue weighted by molar-refractivity contribution is 0.414. The van der Waals surface area contributed by atoms with Gasteiger partial charge in [-0.3, -0.25) is 0 Å². The summed E-state index contributed by atoms with van der Waals surface area (Å²) in [7, 11) is 1.72. The Morgan fingerprint density at radius 3 is 2.30 bits per heavy atom. The maximum absolute atomic E-state index is 5.27. The second-order valence-corrected chi connectivity index (χ2v) is 6.90. The maximum atomic E-state index is 5.27. The zero-order valence-corrected chi connectivity index (χ0v) is 15.9. The van der Waals surface area contributed by atoms with Crippen LogP contribution in [-0.2, 0) is 0 Å². The molecule has 2 unspecified atom stereocenters. The third kappa shape index (κ3) is 7.11. The number of allylic oxidation sites excluding steroid dienone is 2. The average molecular weight is 318 g/mol. The van der Waals surface area contributed by atoms with Gasteiger partial charge < -0.3 is 9.64 Å². The predicted octanol–water partition coefficient (Wildman–Crippen LogP) is 6.07. The molecule has 0 aliphatic rings. The molecule has 0 aliphatic carbocycles. The molecule has 0 radical (unpaired) electrons. The van der Waals surface area contributed by atoms with Crippen molar-refractivity contribution in [3.63, 3.8) is 0 Å². The van der Waals surface area contributed by atoms with E-state index in [2.05, 4.69) is 69.9 Å². The van der Waals surface area contributed by atoms with E-state index in [-0.39, 0.29) is 0 Å². The summed E-state index contributed by atoms with van der Waals surface area (Å²) in [5.41, 5.74) is 2.73. The number of hydrogen-bond donors (Lipinski definition) is 0. The highest BCUT2D eigenvalue weighted by Crippen LogP contribution is 2.24. The van der Waals surface area contributed by atoms with Gasteiger partial charge in [0.2, 0.25) is 0 Å². The zero-order valence-electron chi connectivity index (χ0n) is 15.9. The molecule has 0 heterocycles. The van der Waals surface area contributed by atoms with Gasteiger partial charge in [-0.1, -0.05) is 25.5 Å². The van der Waals surface area contributed by atoms with Crippen molar-refractivity contribution in [1.29, 1.82) is 0 Å². The number of benzene rings is 1. The van der Waals surface area contributed by atoms with Gasteiger partial charge in [0.25, 0.3) is 0 Å². The van der Waals surface area contributed by atoms with Gasteiger partial charge in [-0.25, -0.2) is 0 Å². The van der Waals surface area contributed by atoms with Crippen LogP contribution >= 0.6 is 0 Å². The third-order valence-corrected chi connectivity index (χ3v) is 4.60. The van der Waals surface area contributed by atoms with Gasteiger partial charge in [-0.2, -0.15) is 0 Å².